The van der Waals surface area contributed by atoms with E-state index in [2.05, 4.69) is 5.32 Å². The van der Waals surface area contributed by atoms with E-state index >= 15 is 0 Å². The number of nitro benzene ring substituents is 1. The Morgan fingerprint density at radius 1 is 0.907 bits per heavy atom. The molecule has 11 nitrogen and oxygen atoms in total. The maximum atomic E-state index is 14.1. The fourth-order valence-corrected chi connectivity index (χ4v) is 6.96. The quantitative estimate of drug-likeness (QED) is 0.181. The van der Waals surface area contributed by atoms with Crippen molar-refractivity contribution in [3.8, 4) is 5.75 Å². The maximum Gasteiger partial charge on any atom is 0.330 e. The molecule has 0 aromatic heterocycles. The van der Waals surface area contributed by atoms with Gasteiger partial charge in [-0.15, -0.1) is 0 Å². The van der Waals surface area contributed by atoms with Crippen LogP contribution in [0.25, 0.3) is 0 Å². The molecule has 220 valence electrons. The van der Waals surface area contributed by atoms with E-state index in [0.717, 1.165) is 27.2 Å². The summed E-state index contributed by atoms with van der Waals surface area (Å²) in [6, 6.07) is 18.3. The lowest BCUT2D eigenvalue weighted by molar-refractivity contribution is -0.383. The molecule has 3 aliphatic carbocycles. The zero-order valence-electron chi connectivity index (χ0n) is 23.7. The summed E-state index contributed by atoms with van der Waals surface area (Å²) < 4.78 is 10.4. The molecule has 1 saturated heterocycles. The molecule has 2 bridgehead atoms. The first-order valence-corrected chi connectivity index (χ1v) is 14.0. The third-order valence-electron chi connectivity index (χ3n) is 8.65. The average molecular weight is 584 g/mol. The number of nitro groups is 1. The molecule has 7 rings (SSSR count). The van der Waals surface area contributed by atoms with Crippen LogP contribution in [0.15, 0.2) is 66.7 Å². The van der Waals surface area contributed by atoms with E-state index in [1.165, 1.54) is 25.3 Å². The molecule has 11 heteroatoms. The number of carbonyl (C=O) groups excluding carboxylic acids is 4. The van der Waals surface area contributed by atoms with Gasteiger partial charge < -0.3 is 14.8 Å². The Morgan fingerprint density at radius 3 is 1.86 bits per heavy atom. The molecule has 4 aliphatic rings. The van der Waals surface area contributed by atoms with Gasteiger partial charge in [0.1, 0.15) is 17.5 Å². The van der Waals surface area contributed by atoms with Crippen LogP contribution in [0, 0.1) is 27.9 Å². The molecule has 1 aliphatic heterocycles. The van der Waals surface area contributed by atoms with Gasteiger partial charge in [0, 0.05) is 24.0 Å². The fraction of sp³-hybridized carbons (Fsp3) is 0.312. The second-order valence-corrected chi connectivity index (χ2v) is 11.3. The summed E-state index contributed by atoms with van der Waals surface area (Å²) >= 11 is 0. The number of methoxy groups -OCH3 is 1. The Kier molecular flexibility index (Phi) is 6.95. The van der Waals surface area contributed by atoms with Gasteiger partial charge in [-0.1, -0.05) is 62.4 Å². The van der Waals surface area contributed by atoms with Gasteiger partial charge in [-0.05, 0) is 34.2 Å². The Bertz CT molecular complexity index is 1570. The predicted molar refractivity (Wildman–Crippen MR) is 153 cm³/mol. The minimum atomic E-state index is -1.25. The van der Waals surface area contributed by atoms with Crippen molar-refractivity contribution in [1.82, 2.24) is 4.90 Å². The zero-order valence-corrected chi connectivity index (χ0v) is 23.7. The molecule has 3 atom stereocenters. The summed E-state index contributed by atoms with van der Waals surface area (Å²) in [6.07, 6.45) is 0. The summed E-state index contributed by atoms with van der Waals surface area (Å²) in [5.41, 5.74) is 3.57. The molecule has 43 heavy (non-hydrogen) atoms. The maximum absolute atomic E-state index is 14.1. The number of imide groups is 1. The number of esters is 1. The van der Waals surface area contributed by atoms with Crippen LogP contribution in [-0.2, 0) is 23.9 Å². The molecule has 3 aromatic carbocycles. The molecule has 1 N–H and O–H groups in total. The van der Waals surface area contributed by atoms with Gasteiger partial charge in [0.25, 0.3) is 11.6 Å². The van der Waals surface area contributed by atoms with Crippen LogP contribution in [0.3, 0.4) is 0 Å². The number of ether oxygens (including phenoxy) is 2. The van der Waals surface area contributed by atoms with E-state index in [4.69, 9.17) is 9.47 Å². The van der Waals surface area contributed by atoms with Gasteiger partial charge in [0.05, 0.1) is 23.9 Å². The SMILES string of the molecule is COc1ccc([N+](=O)[O-])c(NC(=O)COC(=O)[C@H](C(C)C)N2C(=O)[C@@H]3C4c5ccccc5C(c5ccccc54)[C@H]3C2=O)c1. The van der Waals surface area contributed by atoms with Gasteiger partial charge in [0.15, 0.2) is 6.61 Å². The molecule has 0 unspecified atom stereocenters. The first-order valence-electron chi connectivity index (χ1n) is 14.0. The van der Waals surface area contributed by atoms with Crippen molar-refractivity contribution in [2.24, 2.45) is 17.8 Å². The first-order chi connectivity index (χ1) is 20.6. The first kappa shape index (κ1) is 28.1. The number of rotatable bonds is 8. The highest BCUT2D eigenvalue weighted by Gasteiger charge is 2.63. The molecule has 3 amide bonds. The van der Waals surface area contributed by atoms with E-state index < -0.39 is 59.0 Å². The molecular weight excluding hydrogens is 554 g/mol. The number of nitrogens with one attached hydrogen (secondary N) is 1. The van der Waals surface area contributed by atoms with Gasteiger partial charge >= 0.3 is 5.97 Å². The van der Waals surface area contributed by atoms with Crippen LogP contribution < -0.4 is 10.1 Å². The summed E-state index contributed by atoms with van der Waals surface area (Å²) in [7, 11) is 1.38. The monoisotopic (exact) mass is 583 g/mol. The van der Waals surface area contributed by atoms with Crippen LogP contribution in [-0.4, -0.2) is 53.3 Å². The summed E-state index contributed by atoms with van der Waals surface area (Å²) in [5.74, 6) is -4.79. The van der Waals surface area contributed by atoms with E-state index in [-0.39, 0.29) is 29.0 Å². The highest BCUT2D eigenvalue weighted by molar-refractivity contribution is 6.10. The summed E-state index contributed by atoms with van der Waals surface area (Å²) in [4.78, 5) is 66.1. The van der Waals surface area contributed by atoms with Crippen molar-refractivity contribution in [2.75, 3.05) is 19.0 Å². The summed E-state index contributed by atoms with van der Waals surface area (Å²) in [6.45, 7) is 2.63. The van der Waals surface area contributed by atoms with Crippen LogP contribution in [0.5, 0.6) is 5.75 Å². The predicted octanol–water partition coefficient (Wildman–Crippen LogP) is 4.00. The van der Waals surface area contributed by atoms with Crippen LogP contribution in [0.1, 0.15) is 47.9 Å². The number of hydrogen-bond donors (Lipinski definition) is 1. The van der Waals surface area contributed by atoms with Crippen molar-refractivity contribution in [2.45, 2.75) is 31.7 Å². The van der Waals surface area contributed by atoms with E-state index in [9.17, 15) is 29.3 Å². The standard InChI is InChI=1S/C32H29N3O8/c1-16(2)29(32(39)43-15-24(36)33-22-14-17(42-3)12-13-23(22)35(40)41)34-30(37)27-25-18-8-4-5-9-19(18)26(28(27)31(34)38)21-11-7-6-10-20(21)25/h4-14,16,25-29H,15H2,1-3H3,(H,33,36)/t25?,26?,27-,28-,29+/m1/s1. The van der Waals surface area contributed by atoms with Crippen LogP contribution >= 0.6 is 0 Å². The number of benzene rings is 3. The molecule has 0 spiro atoms. The minimum Gasteiger partial charge on any atom is -0.497 e. The van der Waals surface area contributed by atoms with Crippen molar-refractivity contribution < 1.29 is 33.6 Å². The zero-order chi connectivity index (χ0) is 30.6. The number of hydrogen-bond acceptors (Lipinski definition) is 8. The van der Waals surface area contributed by atoms with Crippen LogP contribution in [0.4, 0.5) is 11.4 Å². The topological polar surface area (TPSA) is 145 Å². The third-order valence-corrected chi connectivity index (χ3v) is 8.65. The van der Waals surface area contributed by atoms with Gasteiger partial charge in [-0.3, -0.25) is 29.4 Å². The molecular formula is C32H29N3O8. The number of carbonyl (C=O) groups is 4. The van der Waals surface area contributed by atoms with E-state index in [1.54, 1.807) is 13.8 Å². The molecule has 3 aromatic rings. The van der Waals surface area contributed by atoms with Gasteiger partial charge in [-0.2, -0.15) is 0 Å². The molecule has 1 heterocycles. The lowest BCUT2D eigenvalue weighted by Crippen LogP contribution is -2.49. The highest BCUT2D eigenvalue weighted by atomic mass is 16.6. The lowest BCUT2D eigenvalue weighted by Gasteiger charge is -2.45. The van der Waals surface area contributed by atoms with Gasteiger partial charge in [0.2, 0.25) is 11.8 Å². The second-order valence-electron chi connectivity index (χ2n) is 11.3. The van der Waals surface area contributed by atoms with Crippen molar-refractivity contribution in [3.05, 3.63) is 99.1 Å². The summed E-state index contributed by atoms with van der Waals surface area (Å²) in [5, 5.41) is 13.8. The second kappa shape index (κ2) is 10.6. The Balaban J connectivity index is 1.24. The number of likely N-dealkylation sites (tertiary alicyclic amines) is 1. The number of nitrogens with zero attached hydrogens (tertiary/aromatic N) is 2. The van der Waals surface area contributed by atoms with Crippen molar-refractivity contribution >= 4 is 35.1 Å². The normalized spacial score (nSPS) is 22.0. The number of anilines is 1. The largest absolute Gasteiger partial charge is 0.497 e. The Hall–Kier alpha value is -5.06. The average Bonchev–Trinajstić information content (AvgIpc) is 3.25. The van der Waals surface area contributed by atoms with E-state index in [1.807, 2.05) is 48.5 Å². The van der Waals surface area contributed by atoms with Crippen molar-refractivity contribution in [1.29, 1.82) is 0 Å². The molecule has 0 radical (unpaired) electrons. The third kappa shape index (κ3) is 4.43. The Labute approximate surface area is 246 Å². The smallest absolute Gasteiger partial charge is 0.330 e. The number of amides is 3. The highest BCUT2D eigenvalue weighted by Crippen LogP contribution is 2.61. The molecule has 0 saturated carbocycles. The minimum absolute atomic E-state index is 0.130. The fourth-order valence-electron chi connectivity index (χ4n) is 6.96. The van der Waals surface area contributed by atoms with Gasteiger partial charge in [-0.25, -0.2) is 4.79 Å². The molecule has 1 fully saturated rings. The van der Waals surface area contributed by atoms with Crippen LogP contribution in [0.2, 0.25) is 0 Å². The Morgan fingerprint density at radius 2 is 1.42 bits per heavy atom. The lowest BCUT2D eigenvalue weighted by atomic mass is 9.55. The van der Waals surface area contributed by atoms with E-state index in [0.29, 0.717) is 0 Å². The van der Waals surface area contributed by atoms with Crippen molar-refractivity contribution in [3.63, 3.8) is 0 Å².